The maximum atomic E-state index is 11.3. The first-order valence-electron chi connectivity index (χ1n) is 9.12. The Morgan fingerprint density at radius 2 is 2.15 bits per heavy atom. The minimum atomic E-state index is -0.763. The van der Waals surface area contributed by atoms with Crippen LogP contribution in [0.4, 0.5) is 0 Å². The zero-order chi connectivity index (χ0) is 18.1. The Kier molecular flexibility index (Phi) is 4.63. The third-order valence-electron chi connectivity index (χ3n) is 5.66. The molecule has 1 aliphatic carbocycles. The highest BCUT2D eigenvalue weighted by Gasteiger charge is 2.36. The van der Waals surface area contributed by atoms with E-state index in [-0.39, 0.29) is 18.3 Å². The number of nitrogens with one attached hydrogen (secondary N) is 1. The lowest BCUT2D eigenvalue weighted by Gasteiger charge is -2.19. The molecule has 2 atom stereocenters. The number of carbonyl (C=O) groups is 1. The van der Waals surface area contributed by atoms with Crippen LogP contribution in [0.2, 0.25) is 0 Å². The zero-order valence-corrected chi connectivity index (χ0v) is 14.9. The summed E-state index contributed by atoms with van der Waals surface area (Å²) in [5.74, 6) is 0.300. The number of carboxylic acid groups (broad SMARTS) is 1. The van der Waals surface area contributed by atoms with Crippen LogP contribution in [0.3, 0.4) is 0 Å². The van der Waals surface area contributed by atoms with Crippen LogP contribution in [0.1, 0.15) is 41.1 Å². The van der Waals surface area contributed by atoms with Crippen molar-refractivity contribution in [3.63, 3.8) is 0 Å². The molecule has 0 bridgehead atoms. The number of aromatic amines is 1. The van der Waals surface area contributed by atoms with Gasteiger partial charge in [0.25, 0.3) is 0 Å². The van der Waals surface area contributed by atoms with Gasteiger partial charge in [-0.2, -0.15) is 15.4 Å². The number of carboxylic acids is 1. The molecule has 2 aliphatic rings. The Labute approximate surface area is 152 Å². The van der Waals surface area contributed by atoms with Crippen molar-refractivity contribution in [2.45, 2.75) is 38.1 Å². The van der Waals surface area contributed by atoms with E-state index in [0.717, 1.165) is 43.9 Å². The molecule has 7 heteroatoms. The van der Waals surface area contributed by atoms with Crippen molar-refractivity contribution >= 4 is 5.97 Å². The largest absolute Gasteiger partial charge is 0.496 e. The van der Waals surface area contributed by atoms with Crippen LogP contribution < -0.4 is 4.74 Å². The summed E-state index contributed by atoms with van der Waals surface area (Å²) in [5, 5.41) is 20.0. The number of aliphatic carboxylic acids is 1. The first-order valence-corrected chi connectivity index (χ1v) is 9.12. The van der Waals surface area contributed by atoms with Gasteiger partial charge in [-0.15, -0.1) is 0 Å². The molecule has 1 fully saturated rings. The van der Waals surface area contributed by atoms with Crippen molar-refractivity contribution in [3.8, 4) is 5.75 Å². The van der Waals surface area contributed by atoms with E-state index in [9.17, 15) is 9.90 Å². The molecule has 26 heavy (non-hydrogen) atoms. The Hall–Kier alpha value is -2.41. The van der Waals surface area contributed by atoms with Crippen LogP contribution in [0.5, 0.6) is 5.75 Å². The summed E-state index contributed by atoms with van der Waals surface area (Å²) >= 11 is 0. The molecular weight excluding hydrogens is 332 g/mol. The number of benzene rings is 1. The van der Waals surface area contributed by atoms with Crippen LogP contribution in [-0.2, 0) is 24.2 Å². The number of likely N-dealkylation sites (tertiary alicyclic amines) is 1. The number of H-pyrrole nitrogens is 1. The number of fused-ring (bicyclic) bond motifs is 1. The van der Waals surface area contributed by atoms with E-state index in [1.807, 2.05) is 0 Å². The van der Waals surface area contributed by atoms with Crippen molar-refractivity contribution in [3.05, 3.63) is 40.7 Å². The summed E-state index contributed by atoms with van der Waals surface area (Å²) in [4.78, 5) is 13.6. The van der Waals surface area contributed by atoms with E-state index in [4.69, 9.17) is 4.74 Å². The molecule has 1 aromatic carbocycles. The number of hydrogen-bond acceptors (Lipinski definition) is 5. The summed E-state index contributed by atoms with van der Waals surface area (Å²) in [5.41, 5.74) is 4.86. The van der Waals surface area contributed by atoms with Crippen molar-refractivity contribution < 1.29 is 14.6 Å². The smallest absolute Gasteiger partial charge is 0.303 e. The van der Waals surface area contributed by atoms with Gasteiger partial charge < -0.3 is 9.84 Å². The molecule has 7 nitrogen and oxygen atoms in total. The second-order valence-corrected chi connectivity index (χ2v) is 7.34. The van der Waals surface area contributed by atoms with E-state index in [1.165, 1.54) is 23.1 Å². The lowest BCUT2D eigenvalue weighted by Crippen LogP contribution is -2.21. The first-order chi connectivity index (χ1) is 12.6. The average Bonchev–Trinajstić information content (AvgIpc) is 3.33. The quantitative estimate of drug-likeness (QED) is 0.822. The van der Waals surface area contributed by atoms with Gasteiger partial charge in [-0.25, -0.2) is 0 Å². The van der Waals surface area contributed by atoms with Crippen molar-refractivity contribution in [1.29, 1.82) is 0 Å². The van der Waals surface area contributed by atoms with Gasteiger partial charge in [-0.1, -0.05) is 6.07 Å². The molecule has 1 saturated heterocycles. The first kappa shape index (κ1) is 17.0. The molecule has 0 spiro atoms. The summed E-state index contributed by atoms with van der Waals surface area (Å²) in [6.07, 6.45) is 5.33. The normalized spacial score (nSPS) is 22.5. The number of ether oxygens (including phenoxy) is 1. The molecule has 2 aromatic rings. The predicted octanol–water partition coefficient (Wildman–Crippen LogP) is 1.99. The number of rotatable bonds is 6. The molecule has 0 amide bonds. The molecule has 1 aromatic heterocycles. The molecule has 138 valence electrons. The van der Waals surface area contributed by atoms with Gasteiger partial charge >= 0.3 is 5.97 Å². The number of aromatic nitrogens is 3. The molecular formula is C19H24N4O3. The van der Waals surface area contributed by atoms with Gasteiger partial charge in [0.2, 0.25) is 0 Å². The summed E-state index contributed by atoms with van der Waals surface area (Å²) in [6, 6.07) is 4.45. The minimum Gasteiger partial charge on any atom is -0.496 e. The van der Waals surface area contributed by atoms with Crippen LogP contribution in [0.25, 0.3) is 0 Å². The number of hydrogen-bond donors (Lipinski definition) is 2. The van der Waals surface area contributed by atoms with E-state index in [0.29, 0.717) is 0 Å². The average molecular weight is 356 g/mol. The third-order valence-corrected chi connectivity index (χ3v) is 5.66. The highest BCUT2D eigenvalue weighted by Crippen LogP contribution is 2.36. The standard InChI is InChI=1S/C19H24N4O3/c1-26-18-6-13-4-2-3-12(13)5-15(18)10-23-9-14(7-19(24)25)16(11-23)17-8-20-22-21-17/h5-6,8,14,16H,2-4,7,9-11H2,1H3,(H,24,25)(H,20,21,22)/t14-,16+/m0/s1. The van der Waals surface area contributed by atoms with Crippen LogP contribution in [0.15, 0.2) is 18.3 Å². The monoisotopic (exact) mass is 356 g/mol. The molecule has 1 aliphatic heterocycles. The maximum Gasteiger partial charge on any atom is 0.303 e. The van der Waals surface area contributed by atoms with E-state index in [2.05, 4.69) is 32.4 Å². The number of aryl methyl sites for hydroxylation is 2. The van der Waals surface area contributed by atoms with Gasteiger partial charge in [-0.3, -0.25) is 9.69 Å². The number of nitrogens with zero attached hydrogens (tertiary/aromatic N) is 3. The van der Waals surface area contributed by atoms with Crippen molar-refractivity contribution in [2.24, 2.45) is 5.92 Å². The fraction of sp³-hybridized carbons (Fsp3) is 0.526. The Bertz CT molecular complexity index is 790. The van der Waals surface area contributed by atoms with E-state index >= 15 is 0 Å². The van der Waals surface area contributed by atoms with Crippen LogP contribution in [-0.4, -0.2) is 51.6 Å². The second-order valence-electron chi connectivity index (χ2n) is 7.34. The lowest BCUT2D eigenvalue weighted by atomic mass is 9.91. The summed E-state index contributed by atoms with van der Waals surface area (Å²) < 4.78 is 5.62. The minimum absolute atomic E-state index is 0.0398. The van der Waals surface area contributed by atoms with Crippen molar-refractivity contribution in [2.75, 3.05) is 20.2 Å². The molecule has 0 unspecified atom stereocenters. The Balaban J connectivity index is 1.54. The van der Waals surface area contributed by atoms with Crippen LogP contribution >= 0.6 is 0 Å². The Morgan fingerprint density at radius 1 is 1.35 bits per heavy atom. The van der Waals surface area contributed by atoms with Gasteiger partial charge in [-0.05, 0) is 42.4 Å². The van der Waals surface area contributed by atoms with Gasteiger partial charge in [0.15, 0.2) is 0 Å². The zero-order valence-electron chi connectivity index (χ0n) is 14.9. The Morgan fingerprint density at radius 3 is 2.85 bits per heavy atom. The van der Waals surface area contributed by atoms with Gasteiger partial charge in [0.05, 0.1) is 25.4 Å². The second kappa shape index (κ2) is 7.07. The molecule has 4 rings (SSSR count). The highest BCUT2D eigenvalue weighted by molar-refractivity contribution is 5.67. The topological polar surface area (TPSA) is 91.3 Å². The fourth-order valence-corrected chi connectivity index (χ4v) is 4.45. The number of methoxy groups -OCH3 is 1. The maximum absolute atomic E-state index is 11.3. The summed E-state index contributed by atoms with van der Waals surface area (Å²) in [7, 11) is 1.72. The van der Waals surface area contributed by atoms with Gasteiger partial charge in [0.1, 0.15) is 5.75 Å². The van der Waals surface area contributed by atoms with E-state index < -0.39 is 5.97 Å². The van der Waals surface area contributed by atoms with Gasteiger partial charge in [0, 0.05) is 31.1 Å². The van der Waals surface area contributed by atoms with E-state index in [1.54, 1.807) is 13.3 Å². The summed E-state index contributed by atoms with van der Waals surface area (Å²) in [6.45, 7) is 2.29. The lowest BCUT2D eigenvalue weighted by molar-refractivity contribution is -0.138. The third kappa shape index (κ3) is 3.31. The fourth-order valence-electron chi connectivity index (χ4n) is 4.45. The molecule has 2 heterocycles. The predicted molar refractivity (Wildman–Crippen MR) is 95.2 cm³/mol. The van der Waals surface area contributed by atoms with Crippen molar-refractivity contribution in [1.82, 2.24) is 20.3 Å². The molecule has 0 radical (unpaired) electrons. The molecule has 2 N–H and O–H groups in total. The SMILES string of the molecule is COc1cc2c(cc1CN1C[C@H](CC(=O)O)[C@H](c3cn[nH]n3)C1)CCC2. The highest BCUT2D eigenvalue weighted by atomic mass is 16.5. The van der Waals surface area contributed by atoms with Crippen LogP contribution in [0, 0.1) is 5.92 Å². The molecule has 0 saturated carbocycles.